The molecular weight excluding hydrogens is 427 g/mol. The Bertz CT molecular complexity index is 1180. The van der Waals surface area contributed by atoms with Gasteiger partial charge >= 0.3 is 5.97 Å². The molecule has 0 spiro atoms. The molecule has 0 saturated carbocycles. The predicted octanol–water partition coefficient (Wildman–Crippen LogP) is 4.54. The van der Waals surface area contributed by atoms with Crippen molar-refractivity contribution in [3.8, 4) is 0 Å². The first-order valence-corrected chi connectivity index (χ1v) is 10.2. The number of carboxylic acids is 1. The topological polar surface area (TPSA) is 80.6 Å². The van der Waals surface area contributed by atoms with E-state index in [1.54, 1.807) is 48.9 Å². The second-order valence-electron chi connectivity index (χ2n) is 7.56. The first-order chi connectivity index (χ1) is 14.2. The third-order valence-electron chi connectivity index (χ3n) is 5.73. The molecule has 0 aliphatic carbocycles. The molecule has 1 aliphatic heterocycles. The lowest BCUT2D eigenvalue weighted by Crippen LogP contribution is -2.47. The van der Waals surface area contributed by atoms with Crippen molar-refractivity contribution in [2.75, 3.05) is 13.2 Å². The van der Waals surface area contributed by atoms with E-state index in [4.69, 9.17) is 27.9 Å². The maximum atomic E-state index is 13.3. The fraction of sp³-hybridized carbons (Fsp3) is 0.273. The van der Waals surface area contributed by atoms with E-state index in [1.807, 2.05) is 6.07 Å². The maximum absolute atomic E-state index is 13.3. The second-order valence-corrected chi connectivity index (χ2v) is 8.34. The van der Waals surface area contributed by atoms with Crippen LogP contribution in [0.1, 0.15) is 38.4 Å². The van der Waals surface area contributed by atoms with Crippen molar-refractivity contribution >= 4 is 46.0 Å². The number of carbonyl (C=O) groups excluding carboxylic acids is 1. The lowest BCUT2D eigenvalue weighted by molar-refractivity contribution is 0.0695. The van der Waals surface area contributed by atoms with Gasteiger partial charge in [-0.25, -0.2) is 4.79 Å². The molecule has 156 valence electrons. The van der Waals surface area contributed by atoms with Crippen LogP contribution in [0.2, 0.25) is 10.0 Å². The molecular formula is C22H20Cl2N2O4. The third-order valence-corrected chi connectivity index (χ3v) is 6.55. The van der Waals surface area contributed by atoms with Crippen LogP contribution in [0.25, 0.3) is 10.9 Å². The SMILES string of the molecule is Cc1cc(C2(NC(=O)c3cc4c(Cl)c(Cl)ccc4n3C)CCOC2)ccc1C(=O)O. The van der Waals surface area contributed by atoms with Crippen LogP contribution < -0.4 is 5.32 Å². The Kier molecular flexibility index (Phi) is 5.26. The average Bonchev–Trinajstić information content (AvgIpc) is 3.30. The van der Waals surface area contributed by atoms with Crippen molar-refractivity contribution in [1.82, 2.24) is 9.88 Å². The summed E-state index contributed by atoms with van der Waals surface area (Å²) < 4.78 is 7.39. The summed E-state index contributed by atoms with van der Waals surface area (Å²) in [6, 6.07) is 10.4. The molecule has 1 saturated heterocycles. The highest BCUT2D eigenvalue weighted by atomic mass is 35.5. The van der Waals surface area contributed by atoms with Crippen LogP contribution in [0.3, 0.4) is 0 Å². The van der Waals surface area contributed by atoms with E-state index in [0.29, 0.717) is 46.3 Å². The summed E-state index contributed by atoms with van der Waals surface area (Å²) in [7, 11) is 1.80. The van der Waals surface area contributed by atoms with E-state index in [1.165, 1.54) is 0 Å². The summed E-state index contributed by atoms with van der Waals surface area (Å²) >= 11 is 12.4. The summed E-state index contributed by atoms with van der Waals surface area (Å²) in [4.78, 5) is 24.6. The number of halogens is 2. The van der Waals surface area contributed by atoms with E-state index in [9.17, 15) is 14.7 Å². The van der Waals surface area contributed by atoms with Gasteiger partial charge in [0.15, 0.2) is 0 Å². The standard InChI is InChI=1S/C22H20Cl2N2O4/c1-12-9-13(3-4-14(12)21(28)29)22(7-8-30-11-22)25-20(27)18-10-15-17(26(18)2)6-5-16(23)19(15)24/h3-6,9-10H,7-8,11H2,1-2H3,(H,25,27)(H,28,29). The Hall–Kier alpha value is -2.54. The number of benzene rings is 2. The number of ether oxygens (including phenoxy) is 1. The van der Waals surface area contributed by atoms with Gasteiger partial charge in [0.25, 0.3) is 5.91 Å². The monoisotopic (exact) mass is 446 g/mol. The Morgan fingerprint density at radius 2 is 1.97 bits per heavy atom. The van der Waals surface area contributed by atoms with Crippen LogP contribution in [-0.4, -0.2) is 34.8 Å². The lowest BCUT2D eigenvalue weighted by atomic mass is 9.87. The quantitative estimate of drug-likeness (QED) is 0.616. The zero-order valence-electron chi connectivity index (χ0n) is 16.5. The molecule has 2 aromatic carbocycles. The van der Waals surface area contributed by atoms with Crippen LogP contribution in [0.4, 0.5) is 0 Å². The van der Waals surface area contributed by atoms with Crippen LogP contribution in [0, 0.1) is 6.92 Å². The molecule has 4 rings (SSSR count). The summed E-state index contributed by atoms with van der Waals surface area (Å²) in [6.45, 7) is 2.55. The Morgan fingerprint density at radius 1 is 1.20 bits per heavy atom. The van der Waals surface area contributed by atoms with Crippen molar-refractivity contribution in [3.05, 3.63) is 68.8 Å². The molecule has 2 N–H and O–H groups in total. The molecule has 2 heterocycles. The number of carboxylic acid groups (broad SMARTS) is 1. The normalized spacial score (nSPS) is 18.7. The highest BCUT2D eigenvalue weighted by Crippen LogP contribution is 2.35. The predicted molar refractivity (Wildman–Crippen MR) is 116 cm³/mol. The minimum atomic E-state index is -0.981. The van der Waals surface area contributed by atoms with Gasteiger partial charge in [0, 0.05) is 31.0 Å². The number of carbonyl (C=O) groups is 2. The molecule has 0 radical (unpaired) electrons. The number of aromatic nitrogens is 1. The smallest absolute Gasteiger partial charge is 0.335 e. The summed E-state index contributed by atoms with van der Waals surface area (Å²) in [5, 5.41) is 14.0. The number of hydrogen-bond acceptors (Lipinski definition) is 3. The Balaban J connectivity index is 1.72. The van der Waals surface area contributed by atoms with E-state index in [-0.39, 0.29) is 11.5 Å². The summed E-state index contributed by atoms with van der Waals surface area (Å²) in [5.41, 5.74) is 2.19. The van der Waals surface area contributed by atoms with Gasteiger partial charge in [0.1, 0.15) is 5.69 Å². The number of nitrogens with zero attached hydrogens (tertiary/aromatic N) is 1. The van der Waals surface area contributed by atoms with E-state index >= 15 is 0 Å². The largest absolute Gasteiger partial charge is 0.478 e. The number of amides is 1. The summed E-state index contributed by atoms with van der Waals surface area (Å²) in [5.74, 6) is -1.25. The average molecular weight is 447 g/mol. The van der Waals surface area contributed by atoms with Crippen molar-refractivity contribution in [1.29, 1.82) is 0 Å². The molecule has 8 heteroatoms. The number of fused-ring (bicyclic) bond motifs is 1. The van der Waals surface area contributed by atoms with Gasteiger partial charge < -0.3 is 19.7 Å². The zero-order chi connectivity index (χ0) is 21.6. The first kappa shape index (κ1) is 20.7. The molecule has 1 unspecified atom stereocenters. The number of aryl methyl sites for hydroxylation is 2. The molecule has 1 amide bonds. The number of nitrogens with one attached hydrogen (secondary N) is 1. The highest BCUT2D eigenvalue weighted by molar-refractivity contribution is 6.45. The molecule has 1 aromatic heterocycles. The van der Waals surface area contributed by atoms with Gasteiger partial charge in [-0.2, -0.15) is 0 Å². The minimum absolute atomic E-state index is 0.236. The molecule has 30 heavy (non-hydrogen) atoms. The lowest BCUT2D eigenvalue weighted by Gasteiger charge is -2.30. The van der Waals surface area contributed by atoms with Crippen LogP contribution in [-0.2, 0) is 17.3 Å². The Morgan fingerprint density at radius 3 is 2.60 bits per heavy atom. The maximum Gasteiger partial charge on any atom is 0.335 e. The summed E-state index contributed by atoms with van der Waals surface area (Å²) in [6.07, 6.45) is 0.584. The van der Waals surface area contributed by atoms with Gasteiger partial charge in [0.2, 0.25) is 0 Å². The number of hydrogen-bond donors (Lipinski definition) is 2. The van der Waals surface area contributed by atoms with Crippen molar-refractivity contribution in [2.24, 2.45) is 7.05 Å². The van der Waals surface area contributed by atoms with E-state index in [2.05, 4.69) is 5.32 Å². The van der Waals surface area contributed by atoms with Crippen LogP contribution in [0.5, 0.6) is 0 Å². The Labute approximate surface area is 183 Å². The minimum Gasteiger partial charge on any atom is -0.478 e. The molecule has 6 nitrogen and oxygen atoms in total. The second kappa shape index (κ2) is 7.61. The zero-order valence-corrected chi connectivity index (χ0v) is 18.0. The first-order valence-electron chi connectivity index (χ1n) is 9.41. The number of aromatic carboxylic acids is 1. The van der Waals surface area contributed by atoms with E-state index in [0.717, 1.165) is 11.1 Å². The van der Waals surface area contributed by atoms with Gasteiger partial charge in [-0.3, -0.25) is 4.79 Å². The van der Waals surface area contributed by atoms with E-state index < -0.39 is 11.5 Å². The van der Waals surface area contributed by atoms with Crippen molar-refractivity contribution in [2.45, 2.75) is 18.9 Å². The fourth-order valence-electron chi connectivity index (χ4n) is 4.01. The highest BCUT2D eigenvalue weighted by Gasteiger charge is 2.39. The van der Waals surface area contributed by atoms with Crippen molar-refractivity contribution < 1.29 is 19.4 Å². The van der Waals surface area contributed by atoms with Crippen LogP contribution >= 0.6 is 23.2 Å². The van der Waals surface area contributed by atoms with Crippen LogP contribution in [0.15, 0.2) is 36.4 Å². The van der Waals surface area contributed by atoms with Gasteiger partial charge in [-0.1, -0.05) is 35.3 Å². The number of rotatable bonds is 4. The molecule has 1 atom stereocenters. The molecule has 3 aromatic rings. The molecule has 1 aliphatic rings. The van der Waals surface area contributed by atoms with Crippen molar-refractivity contribution in [3.63, 3.8) is 0 Å². The molecule has 0 bridgehead atoms. The van der Waals surface area contributed by atoms with Gasteiger partial charge in [0.05, 0.1) is 27.8 Å². The van der Waals surface area contributed by atoms with Gasteiger partial charge in [-0.15, -0.1) is 0 Å². The third kappa shape index (κ3) is 3.35. The fourth-order valence-corrected chi connectivity index (χ4v) is 4.39. The molecule has 1 fully saturated rings. The van der Waals surface area contributed by atoms with Gasteiger partial charge in [-0.05, 0) is 42.3 Å².